The van der Waals surface area contributed by atoms with Crippen LogP contribution in [-0.2, 0) is 10.0 Å². The van der Waals surface area contributed by atoms with Crippen molar-refractivity contribution in [2.45, 2.75) is 18.7 Å². The Morgan fingerprint density at radius 1 is 1.36 bits per heavy atom. The number of benzene rings is 1. The fourth-order valence-corrected chi connectivity index (χ4v) is 3.60. The van der Waals surface area contributed by atoms with Crippen LogP contribution in [0.15, 0.2) is 23.1 Å². The van der Waals surface area contributed by atoms with Gasteiger partial charge in [-0.2, -0.15) is 4.31 Å². The van der Waals surface area contributed by atoms with Crippen molar-refractivity contribution in [2.24, 2.45) is 0 Å². The van der Waals surface area contributed by atoms with Gasteiger partial charge in [-0.15, -0.1) is 6.42 Å². The summed E-state index contributed by atoms with van der Waals surface area (Å²) < 4.78 is 31.7. The Bertz CT molecular complexity index is 673. The second-order valence-corrected chi connectivity index (χ2v) is 6.25. The summed E-state index contributed by atoms with van der Waals surface area (Å²) in [6.07, 6.45) is 5.09. The molecule has 1 rings (SSSR count). The normalized spacial score (nSPS) is 11.0. The molecule has 0 radical (unpaired) electrons. The van der Waals surface area contributed by atoms with E-state index in [1.54, 1.807) is 13.8 Å². The Morgan fingerprint density at radius 2 is 2.00 bits per heavy atom. The molecule has 1 aromatic carbocycles. The Hall–Kier alpha value is -2.04. The van der Waals surface area contributed by atoms with Gasteiger partial charge in [0.15, 0.2) is 0 Å². The van der Waals surface area contributed by atoms with Crippen LogP contribution in [0.25, 0.3) is 0 Å². The van der Waals surface area contributed by atoms with E-state index in [1.807, 2.05) is 0 Å². The molecule has 0 aliphatic heterocycles. The Labute approximate surface area is 131 Å². The number of amides is 1. The number of methoxy groups -OCH3 is 1. The van der Waals surface area contributed by atoms with E-state index in [9.17, 15) is 13.2 Å². The molecular formula is C15H20N2O4S. The van der Waals surface area contributed by atoms with E-state index in [4.69, 9.17) is 11.2 Å². The molecule has 0 spiro atoms. The van der Waals surface area contributed by atoms with Gasteiger partial charge < -0.3 is 10.1 Å². The monoisotopic (exact) mass is 324 g/mol. The highest BCUT2D eigenvalue weighted by Crippen LogP contribution is 2.27. The molecule has 0 bridgehead atoms. The number of hydrogen-bond donors (Lipinski definition) is 1. The first-order valence-electron chi connectivity index (χ1n) is 6.82. The summed E-state index contributed by atoms with van der Waals surface area (Å²) in [5.41, 5.74) is 0.210. The van der Waals surface area contributed by atoms with E-state index in [0.29, 0.717) is 13.1 Å². The van der Waals surface area contributed by atoms with Gasteiger partial charge in [0.05, 0.1) is 13.7 Å². The lowest BCUT2D eigenvalue weighted by molar-refractivity contribution is 0.0958. The standard InChI is InChI=1S/C15H20N2O4S/c1-5-10-16-15(18)12-8-9-13(21-4)14(11-12)22(19,20)17(6-2)7-3/h1,8-9,11H,6-7,10H2,2-4H3,(H,16,18). The topological polar surface area (TPSA) is 75.7 Å². The lowest BCUT2D eigenvalue weighted by Crippen LogP contribution is -2.31. The number of nitrogens with zero attached hydrogens (tertiary/aromatic N) is 1. The van der Waals surface area contributed by atoms with Gasteiger partial charge >= 0.3 is 0 Å². The van der Waals surface area contributed by atoms with Gasteiger partial charge in [0.1, 0.15) is 10.6 Å². The zero-order valence-electron chi connectivity index (χ0n) is 12.9. The van der Waals surface area contributed by atoms with Crippen LogP contribution in [0.1, 0.15) is 24.2 Å². The molecule has 0 aromatic heterocycles. The van der Waals surface area contributed by atoms with Crippen LogP contribution in [0.3, 0.4) is 0 Å². The SMILES string of the molecule is C#CCNC(=O)c1ccc(OC)c(S(=O)(=O)N(CC)CC)c1. The summed E-state index contributed by atoms with van der Waals surface area (Å²) in [5, 5.41) is 2.50. The Kier molecular flexibility index (Phi) is 6.40. The van der Waals surface area contributed by atoms with Crippen molar-refractivity contribution < 1.29 is 17.9 Å². The maximum absolute atomic E-state index is 12.6. The lowest BCUT2D eigenvalue weighted by Gasteiger charge is -2.20. The maximum atomic E-state index is 12.6. The zero-order chi connectivity index (χ0) is 16.8. The van der Waals surface area contributed by atoms with Gasteiger partial charge in [0.2, 0.25) is 10.0 Å². The molecule has 7 heteroatoms. The van der Waals surface area contributed by atoms with Gasteiger partial charge in [0.25, 0.3) is 5.91 Å². The summed E-state index contributed by atoms with van der Waals surface area (Å²) in [6, 6.07) is 4.26. The summed E-state index contributed by atoms with van der Waals surface area (Å²) >= 11 is 0. The van der Waals surface area contributed by atoms with Gasteiger partial charge in [-0.1, -0.05) is 19.8 Å². The molecule has 0 aliphatic rings. The molecule has 0 saturated carbocycles. The molecule has 0 aliphatic carbocycles. The van der Waals surface area contributed by atoms with Crippen molar-refractivity contribution in [3.05, 3.63) is 23.8 Å². The van der Waals surface area contributed by atoms with E-state index >= 15 is 0 Å². The van der Waals surface area contributed by atoms with Gasteiger partial charge in [0, 0.05) is 18.7 Å². The minimum atomic E-state index is -3.73. The number of nitrogens with one attached hydrogen (secondary N) is 1. The van der Waals surface area contributed by atoms with Crippen molar-refractivity contribution >= 4 is 15.9 Å². The Morgan fingerprint density at radius 3 is 2.50 bits per heavy atom. The van der Waals surface area contributed by atoms with E-state index < -0.39 is 15.9 Å². The molecule has 6 nitrogen and oxygen atoms in total. The average molecular weight is 324 g/mol. The van der Waals surface area contributed by atoms with Crippen LogP contribution in [0.4, 0.5) is 0 Å². The number of rotatable bonds is 7. The molecule has 0 heterocycles. The van der Waals surface area contributed by atoms with Crippen molar-refractivity contribution in [3.8, 4) is 18.1 Å². The van der Waals surface area contributed by atoms with Gasteiger partial charge in [-0.25, -0.2) is 8.42 Å². The molecule has 120 valence electrons. The minimum absolute atomic E-state index is 0.0351. The van der Waals surface area contributed by atoms with Gasteiger partial charge in [-0.05, 0) is 18.2 Å². The summed E-state index contributed by atoms with van der Waals surface area (Å²) in [4.78, 5) is 11.9. The van der Waals surface area contributed by atoms with E-state index in [0.717, 1.165) is 0 Å². The van der Waals surface area contributed by atoms with Crippen LogP contribution >= 0.6 is 0 Å². The highest BCUT2D eigenvalue weighted by atomic mass is 32.2. The third kappa shape index (κ3) is 3.78. The first kappa shape index (κ1) is 18.0. The predicted molar refractivity (Wildman–Crippen MR) is 84.3 cm³/mol. The molecule has 1 N–H and O–H groups in total. The van der Waals surface area contributed by atoms with Crippen LogP contribution in [-0.4, -0.2) is 45.4 Å². The first-order valence-corrected chi connectivity index (χ1v) is 8.26. The van der Waals surface area contributed by atoms with E-state index in [-0.39, 0.29) is 22.8 Å². The minimum Gasteiger partial charge on any atom is -0.495 e. The summed E-state index contributed by atoms with van der Waals surface area (Å²) in [5.74, 6) is 2.05. The molecular weight excluding hydrogens is 304 g/mol. The van der Waals surface area contributed by atoms with Crippen LogP contribution < -0.4 is 10.1 Å². The van der Waals surface area contributed by atoms with Crippen LogP contribution in [0.5, 0.6) is 5.75 Å². The van der Waals surface area contributed by atoms with Crippen molar-refractivity contribution in [2.75, 3.05) is 26.7 Å². The largest absolute Gasteiger partial charge is 0.495 e. The van der Waals surface area contributed by atoms with Crippen LogP contribution in [0.2, 0.25) is 0 Å². The summed E-state index contributed by atoms with van der Waals surface area (Å²) in [6.45, 7) is 4.22. The van der Waals surface area contributed by atoms with Crippen molar-refractivity contribution in [3.63, 3.8) is 0 Å². The molecule has 1 aromatic rings. The summed E-state index contributed by atoms with van der Waals surface area (Å²) in [7, 11) is -2.35. The average Bonchev–Trinajstić information content (AvgIpc) is 2.52. The van der Waals surface area contributed by atoms with E-state index in [1.165, 1.54) is 29.6 Å². The fourth-order valence-electron chi connectivity index (χ4n) is 1.96. The fraction of sp³-hybridized carbons (Fsp3) is 0.400. The quantitative estimate of drug-likeness (QED) is 0.762. The second kappa shape index (κ2) is 7.82. The number of terminal acetylenes is 1. The number of carbonyl (C=O) groups excluding carboxylic acids is 1. The van der Waals surface area contributed by atoms with Crippen molar-refractivity contribution in [1.29, 1.82) is 0 Å². The number of sulfonamides is 1. The third-order valence-electron chi connectivity index (χ3n) is 3.10. The number of hydrogen-bond acceptors (Lipinski definition) is 4. The molecule has 0 atom stereocenters. The number of carbonyl (C=O) groups is 1. The van der Waals surface area contributed by atoms with Gasteiger partial charge in [-0.3, -0.25) is 4.79 Å². The smallest absolute Gasteiger partial charge is 0.252 e. The zero-order valence-corrected chi connectivity index (χ0v) is 13.7. The molecule has 1 amide bonds. The highest BCUT2D eigenvalue weighted by molar-refractivity contribution is 7.89. The second-order valence-electron chi connectivity index (χ2n) is 4.34. The maximum Gasteiger partial charge on any atom is 0.252 e. The first-order chi connectivity index (χ1) is 10.4. The van der Waals surface area contributed by atoms with E-state index in [2.05, 4.69) is 11.2 Å². The van der Waals surface area contributed by atoms with Crippen LogP contribution in [0, 0.1) is 12.3 Å². The van der Waals surface area contributed by atoms with Crippen molar-refractivity contribution in [1.82, 2.24) is 9.62 Å². The molecule has 22 heavy (non-hydrogen) atoms. The molecule has 0 saturated heterocycles. The highest BCUT2D eigenvalue weighted by Gasteiger charge is 2.26. The Balaban J connectivity index is 3.34. The predicted octanol–water partition coefficient (Wildman–Crippen LogP) is 1.09. The lowest BCUT2D eigenvalue weighted by atomic mass is 10.2. The molecule has 0 unspecified atom stereocenters. The molecule has 0 fully saturated rings. The number of ether oxygens (including phenoxy) is 1. The third-order valence-corrected chi connectivity index (χ3v) is 5.17.